The van der Waals surface area contributed by atoms with E-state index >= 15 is 0 Å². The lowest BCUT2D eigenvalue weighted by molar-refractivity contribution is -0.144. The molecule has 0 spiro atoms. The quantitative estimate of drug-likeness (QED) is 0.0480. The average Bonchev–Trinajstić information content (AvgIpc) is 3.67. The number of hydrogen-bond acceptors (Lipinski definition) is 8. The number of carbonyl (C=O) groups is 4. The van der Waals surface area contributed by atoms with Crippen LogP contribution in [0.2, 0.25) is 0 Å². The number of nitrogens with one attached hydrogen (secondary N) is 2. The molecule has 1 fully saturated rings. The summed E-state index contributed by atoms with van der Waals surface area (Å²) in [5.41, 5.74) is 5.37. The number of aliphatic carboxylic acids is 1. The molecule has 5 N–H and O–H groups in total. The van der Waals surface area contributed by atoms with Gasteiger partial charge in [0.05, 0.1) is 18.8 Å². The molecule has 2 amide bonds. The van der Waals surface area contributed by atoms with Gasteiger partial charge in [-0.2, -0.15) is 12.6 Å². The van der Waals surface area contributed by atoms with Crippen molar-refractivity contribution in [3.8, 4) is 0 Å². The van der Waals surface area contributed by atoms with Gasteiger partial charge in [-0.15, -0.1) is 0 Å². The molecule has 0 aromatic heterocycles. The fourth-order valence-corrected chi connectivity index (χ4v) is 4.61. The van der Waals surface area contributed by atoms with Crippen LogP contribution < -0.4 is 16.4 Å². The fraction of sp³-hybridized carbons (Fsp3) is 0.857. The number of carboxylic acid groups (broad SMARTS) is 1. The van der Waals surface area contributed by atoms with E-state index < -0.39 is 35.8 Å². The Labute approximate surface area is 239 Å². The van der Waals surface area contributed by atoms with Gasteiger partial charge in [-0.3, -0.25) is 19.2 Å². The van der Waals surface area contributed by atoms with Crippen LogP contribution in [-0.4, -0.2) is 72.1 Å². The molecule has 0 radical (unpaired) electrons. The standard InChI is InChI=1S/C28H51N3O7S/c1-2-3-4-5-8-11-14-23-24(38-23)15-12-9-6-7-10-13-18-37-26(33)19-30-27(34)22(20-39)31-25(32)17-16-21(29)28(35)36/h21-24,39H,2-20,29H2,1H3,(H,30,34)(H,31,32)(H,35,36)/t21?,22?,23?,24-/m0/s1. The Morgan fingerprint density at radius 3 is 2.05 bits per heavy atom. The summed E-state index contributed by atoms with van der Waals surface area (Å²) in [6, 6.07) is -2.10. The van der Waals surface area contributed by atoms with E-state index in [0.29, 0.717) is 18.8 Å². The number of rotatable bonds is 25. The number of unbranched alkanes of at least 4 members (excludes halogenated alkanes) is 10. The number of thiol groups is 1. The highest BCUT2D eigenvalue weighted by atomic mass is 32.1. The predicted molar refractivity (Wildman–Crippen MR) is 154 cm³/mol. The van der Waals surface area contributed by atoms with Crippen LogP contribution in [0.5, 0.6) is 0 Å². The van der Waals surface area contributed by atoms with Crippen LogP contribution in [-0.2, 0) is 28.7 Å². The third-order valence-electron chi connectivity index (χ3n) is 6.92. The minimum absolute atomic E-state index is 0.0189. The van der Waals surface area contributed by atoms with Crippen LogP contribution >= 0.6 is 12.6 Å². The van der Waals surface area contributed by atoms with Gasteiger partial charge in [0.15, 0.2) is 0 Å². The highest BCUT2D eigenvalue weighted by Crippen LogP contribution is 2.31. The summed E-state index contributed by atoms with van der Waals surface area (Å²) in [4.78, 5) is 46.7. The molecule has 0 aromatic carbocycles. The van der Waals surface area contributed by atoms with Gasteiger partial charge < -0.3 is 30.9 Å². The minimum Gasteiger partial charge on any atom is -0.480 e. The molecule has 0 bridgehead atoms. The maximum Gasteiger partial charge on any atom is 0.325 e. The summed E-state index contributed by atoms with van der Waals surface area (Å²) in [6.07, 6.45) is 17.6. The lowest BCUT2D eigenvalue weighted by Crippen LogP contribution is -2.49. The van der Waals surface area contributed by atoms with Crippen molar-refractivity contribution in [1.29, 1.82) is 0 Å². The SMILES string of the molecule is CCCCCCCCC1O[C@H]1CCCCCCCCOC(=O)CNC(=O)C(CS)NC(=O)CCC(N)C(=O)O. The zero-order valence-electron chi connectivity index (χ0n) is 23.7. The minimum atomic E-state index is -1.20. The topological polar surface area (TPSA) is 160 Å². The molecule has 226 valence electrons. The first kappa shape index (κ1) is 35.2. The number of epoxide rings is 1. The number of amides is 2. The van der Waals surface area contributed by atoms with Crippen LogP contribution in [0.25, 0.3) is 0 Å². The van der Waals surface area contributed by atoms with Crippen LogP contribution in [0.4, 0.5) is 0 Å². The molecule has 1 saturated heterocycles. The fourth-order valence-electron chi connectivity index (χ4n) is 4.36. The first-order chi connectivity index (χ1) is 18.8. The summed E-state index contributed by atoms with van der Waals surface area (Å²) in [6.45, 7) is 2.25. The molecule has 0 aromatic rings. The maximum absolute atomic E-state index is 12.2. The Bertz CT molecular complexity index is 725. The van der Waals surface area contributed by atoms with Gasteiger partial charge in [0.25, 0.3) is 0 Å². The van der Waals surface area contributed by atoms with Gasteiger partial charge in [0.1, 0.15) is 18.6 Å². The summed E-state index contributed by atoms with van der Waals surface area (Å²) >= 11 is 4.05. The molecule has 1 heterocycles. The van der Waals surface area contributed by atoms with Crippen molar-refractivity contribution in [3.63, 3.8) is 0 Å². The van der Waals surface area contributed by atoms with E-state index in [4.69, 9.17) is 20.3 Å². The van der Waals surface area contributed by atoms with Crippen molar-refractivity contribution in [1.82, 2.24) is 10.6 Å². The summed E-state index contributed by atoms with van der Waals surface area (Å²) in [7, 11) is 0. The number of carboxylic acids is 1. The first-order valence-electron chi connectivity index (χ1n) is 14.8. The molecule has 3 unspecified atom stereocenters. The van der Waals surface area contributed by atoms with E-state index in [0.717, 1.165) is 25.7 Å². The lowest BCUT2D eigenvalue weighted by Gasteiger charge is -2.16. The van der Waals surface area contributed by atoms with Crippen molar-refractivity contribution in [3.05, 3.63) is 0 Å². The van der Waals surface area contributed by atoms with Crippen molar-refractivity contribution in [2.45, 2.75) is 134 Å². The van der Waals surface area contributed by atoms with E-state index in [1.54, 1.807) is 0 Å². The number of nitrogens with two attached hydrogens (primary N) is 1. The van der Waals surface area contributed by atoms with Crippen molar-refractivity contribution >= 4 is 36.4 Å². The zero-order valence-corrected chi connectivity index (χ0v) is 24.6. The van der Waals surface area contributed by atoms with E-state index in [-0.39, 0.29) is 25.1 Å². The van der Waals surface area contributed by atoms with E-state index in [9.17, 15) is 19.2 Å². The van der Waals surface area contributed by atoms with Gasteiger partial charge in [-0.05, 0) is 25.7 Å². The van der Waals surface area contributed by atoms with Crippen LogP contribution in [0.15, 0.2) is 0 Å². The molecule has 4 atom stereocenters. The number of carbonyl (C=O) groups excluding carboxylic acids is 3. The second kappa shape index (κ2) is 21.9. The molecule has 11 heteroatoms. The Hall–Kier alpha value is -1.85. The van der Waals surface area contributed by atoms with Crippen molar-refractivity contribution in [2.75, 3.05) is 18.9 Å². The summed E-state index contributed by atoms with van der Waals surface area (Å²) in [5, 5.41) is 13.6. The Kier molecular flexibility index (Phi) is 19.8. The number of esters is 1. The monoisotopic (exact) mass is 573 g/mol. The van der Waals surface area contributed by atoms with Gasteiger partial charge in [-0.25, -0.2) is 0 Å². The molecule has 0 aliphatic carbocycles. The third-order valence-corrected chi connectivity index (χ3v) is 7.28. The Morgan fingerprint density at radius 1 is 0.923 bits per heavy atom. The molecule has 1 rings (SSSR count). The average molecular weight is 574 g/mol. The molecule has 0 saturated carbocycles. The van der Waals surface area contributed by atoms with Crippen LogP contribution in [0, 0.1) is 0 Å². The molecular formula is C28H51N3O7S. The van der Waals surface area contributed by atoms with Crippen molar-refractivity contribution in [2.24, 2.45) is 5.73 Å². The van der Waals surface area contributed by atoms with E-state index in [2.05, 4.69) is 30.2 Å². The second-order valence-electron chi connectivity index (χ2n) is 10.4. The highest BCUT2D eigenvalue weighted by molar-refractivity contribution is 7.80. The third kappa shape index (κ3) is 18.2. The molecule has 1 aliphatic heterocycles. The second-order valence-corrected chi connectivity index (χ2v) is 10.8. The first-order valence-corrected chi connectivity index (χ1v) is 15.4. The van der Waals surface area contributed by atoms with Gasteiger partial charge in [-0.1, -0.05) is 77.6 Å². The molecule has 39 heavy (non-hydrogen) atoms. The zero-order chi connectivity index (χ0) is 28.9. The maximum atomic E-state index is 12.2. The van der Waals surface area contributed by atoms with Gasteiger partial charge in [0, 0.05) is 12.2 Å². The number of ether oxygens (including phenoxy) is 2. The van der Waals surface area contributed by atoms with Crippen LogP contribution in [0.3, 0.4) is 0 Å². The summed E-state index contributed by atoms with van der Waals surface area (Å²) in [5.74, 6) is -2.80. The predicted octanol–water partition coefficient (Wildman–Crippen LogP) is 3.50. The number of hydrogen-bond donors (Lipinski definition) is 5. The largest absolute Gasteiger partial charge is 0.480 e. The van der Waals surface area contributed by atoms with Gasteiger partial charge in [0.2, 0.25) is 11.8 Å². The smallest absolute Gasteiger partial charge is 0.325 e. The Balaban J connectivity index is 1.96. The van der Waals surface area contributed by atoms with Crippen molar-refractivity contribution < 1.29 is 33.8 Å². The Morgan fingerprint density at radius 2 is 1.49 bits per heavy atom. The molecule has 1 aliphatic rings. The molecular weight excluding hydrogens is 522 g/mol. The van der Waals surface area contributed by atoms with Crippen LogP contribution in [0.1, 0.15) is 110 Å². The van der Waals surface area contributed by atoms with Gasteiger partial charge >= 0.3 is 11.9 Å². The lowest BCUT2D eigenvalue weighted by atomic mass is 10.0. The highest BCUT2D eigenvalue weighted by Gasteiger charge is 2.36. The van der Waals surface area contributed by atoms with E-state index in [1.165, 1.54) is 64.2 Å². The summed E-state index contributed by atoms with van der Waals surface area (Å²) < 4.78 is 11.0. The van der Waals surface area contributed by atoms with E-state index in [1.807, 2.05) is 0 Å². The normalized spacial score (nSPS) is 17.7. The molecule has 10 nitrogen and oxygen atoms in total.